The first-order chi connectivity index (χ1) is 21.7. The lowest BCUT2D eigenvalue weighted by Crippen LogP contribution is -2.32. The van der Waals surface area contributed by atoms with Crippen molar-refractivity contribution in [2.24, 2.45) is 11.8 Å². The van der Waals surface area contributed by atoms with Gasteiger partial charge in [-0.1, -0.05) is 58.0 Å². The molecule has 0 aliphatic carbocycles. The number of hydrogen-bond acceptors (Lipinski definition) is 8. The van der Waals surface area contributed by atoms with E-state index < -0.39 is 11.9 Å². The van der Waals surface area contributed by atoms with Crippen LogP contribution in [0.3, 0.4) is 0 Å². The molecule has 10 nitrogen and oxygen atoms in total. The van der Waals surface area contributed by atoms with Crippen molar-refractivity contribution in [2.45, 2.75) is 53.5 Å². The van der Waals surface area contributed by atoms with Crippen LogP contribution < -0.4 is 10.6 Å². The van der Waals surface area contributed by atoms with Crippen LogP contribution in [0.15, 0.2) is 83.3 Å². The van der Waals surface area contributed by atoms with Crippen LogP contribution >= 0.6 is 0 Å². The van der Waals surface area contributed by atoms with Crippen LogP contribution in [0.1, 0.15) is 69.4 Å². The first kappa shape index (κ1) is 34.5. The predicted octanol–water partition coefficient (Wildman–Crippen LogP) is 7.01. The van der Waals surface area contributed by atoms with Crippen molar-refractivity contribution >= 4 is 23.5 Å². The fourth-order valence-corrected chi connectivity index (χ4v) is 4.39. The number of hydrogen-bond donors (Lipinski definition) is 3. The first-order valence-electron chi connectivity index (χ1n) is 15.2. The molecule has 1 aromatic heterocycles. The van der Waals surface area contributed by atoms with Gasteiger partial charge < -0.3 is 24.9 Å². The van der Waals surface area contributed by atoms with Gasteiger partial charge in [-0.2, -0.15) is 0 Å². The maximum Gasteiger partial charge on any atom is 0.308 e. The van der Waals surface area contributed by atoms with Gasteiger partial charge in [0.1, 0.15) is 0 Å². The monoisotopic (exact) mass is 614 g/mol. The zero-order chi connectivity index (χ0) is 32.8. The lowest BCUT2D eigenvalue weighted by atomic mass is 9.94. The summed E-state index contributed by atoms with van der Waals surface area (Å²) in [7, 11) is 0. The van der Waals surface area contributed by atoms with Crippen LogP contribution in [0, 0.1) is 11.8 Å². The third-order valence-corrected chi connectivity index (χ3v) is 7.04. The highest BCUT2D eigenvalue weighted by molar-refractivity contribution is 5.94. The van der Waals surface area contributed by atoms with Gasteiger partial charge in [-0.3, -0.25) is 14.4 Å². The Balaban J connectivity index is 0.000000707. The number of anilines is 1. The molecule has 0 radical (unpaired) electrons. The lowest BCUT2D eigenvalue weighted by molar-refractivity contribution is -0.143. The molecule has 0 fully saturated rings. The van der Waals surface area contributed by atoms with Crippen LogP contribution in [0.5, 0.6) is 0 Å². The molecule has 1 heterocycles. The SMILES string of the molecule is CCC(CNC(=O)c1ccc(NC(c2ccc(-c3nnc(-c4ccccc4)o3)cc2)C(C)C)cc1)C(=O)O.CCOC(=O)CC. The number of carbonyl (C=O) groups excluding carboxylic acids is 2. The minimum atomic E-state index is -0.908. The van der Waals surface area contributed by atoms with Crippen molar-refractivity contribution in [3.8, 4) is 22.9 Å². The third-order valence-electron chi connectivity index (χ3n) is 7.04. The molecule has 0 spiro atoms. The number of nitrogens with one attached hydrogen (secondary N) is 2. The second kappa shape index (κ2) is 17.3. The predicted molar refractivity (Wildman–Crippen MR) is 173 cm³/mol. The minimum absolute atomic E-state index is 0.0344. The molecule has 3 N–H and O–H groups in total. The Hall–Kier alpha value is -4.99. The number of amides is 1. The number of nitrogens with zero attached hydrogens (tertiary/aromatic N) is 2. The number of aliphatic carboxylic acids is 1. The summed E-state index contributed by atoms with van der Waals surface area (Å²) in [5.74, 6) is -0.675. The fourth-order valence-electron chi connectivity index (χ4n) is 4.39. The van der Waals surface area contributed by atoms with Gasteiger partial charge in [-0.25, -0.2) is 0 Å². The Labute approximate surface area is 264 Å². The number of carboxylic acid groups (broad SMARTS) is 1. The number of carbonyl (C=O) groups is 3. The lowest BCUT2D eigenvalue weighted by Gasteiger charge is -2.24. The smallest absolute Gasteiger partial charge is 0.308 e. The van der Waals surface area contributed by atoms with Gasteiger partial charge in [-0.05, 0) is 73.4 Å². The molecule has 1 amide bonds. The largest absolute Gasteiger partial charge is 0.481 e. The molecule has 45 heavy (non-hydrogen) atoms. The summed E-state index contributed by atoms with van der Waals surface area (Å²) in [6.07, 6.45) is 0.938. The Morgan fingerprint density at radius 2 is 1.44 bits per heavy atom. The molecule has 0 aliphatic rings. The van der Waals surface area contributed by atoms with Crippen LogP contribution in [-0.2, 0) is 14.3 Å². The van der Waals surface area contributed by atoms with Gasteiger partial charge in [0.15, 0.2) is 0 Å². The van der Waals surface area contributed by atoms with Crippen molar-refractivity contribution in [3.05, 3.63) is 90.0 Å². The highest BCUT2D eigenvalue weighted by Gasteiger charge is 2.19. The van der Waals surface area contributed by atoms with Crippen LogP contribution in [0.2, 0.25) is 0 Å². The number of aromatic nitrogens is 2. The zero-order valence-corrected chi connectivity index (χ0v) is 26.4. The van der Waals surface area contributed by atoms with Crippen LogP contribution in [0.4, 0.5) is 5.69 Å². The van der Waals surface area contributed by atoms with E-state index in [9.17, 15) is 14.4 Å². The van der Waals surface area contributed by atoms with Crippen molar-refractivity contribution < 1.29 is 28.6 Å². The first-order valence-corrected chi connectivity index (χ1v) is 15.2. The Morgan fingerprint density at radius 1 is 0.844 bits per heavy atom. The van der Waals surface area contributed by atoms with Crippen molar-refractivity contribution in [2.75, 3.05) is 18.5 Å². The molecular formula is C35H42N4O6. The molecular weight excluding hydrogens is 572 g/mol. The van der Waals surface area contributed by atoms with E-state index in [1.807, 2.05) is 66.7 Å². The average molecular weight is 615 g/mol. The van der Waals surface area contributed by atoms with E-state index in [1.54, 1.807) is 32.9 Å². The van der Waals surface area contributed by atoms with Gasteiger partial charge in [0.2, 0.25) is 11.8 Å². The molecule has 3 aromatic carbocycles. The number of esters is 1. The van der Waals surface area contributed by atoms with E-state index in [2.05, 4.69) is 39.4 Å². The summed E-state index contributed by atoms with van der Waals surface area (Å²) in [6.45, 7) is 10.2. The van der Waals surface area contributed by atoms with E-state index in [4.69, 9.17) is 9.52 Å². The molecule has 4 aromatic rings. The molecule has 0 aliphatic heterocycles. The standard InChI is InChI=1S/C30H32N4O4.C5H10O2/c1-4-20(30(36)37)18-31-27(35)22-14-16-25(17-15-22)32-26(19(2)3)21-10-12-24(13-11-21)29-34-33-28(38-29)23-8-6-5-7-9-23;1-3-5(6)7-4-2/h5-17,19-20,26,32H,4,18H2,1-3H3,(H,31,35)(H,36,37);3-4H2,1-2H3. The van der Waals surface area contributed by atoms with Crippen molar-refractivity contribution in [1.29, 1.82) is 0 Å². The molecule has 4 rings (SSSR count). The van der Waals surface area contributed by atoms with E-state index in [0.29, 0.717) is 42.7 Å². The van der Waals surface area contributed by atoms with Gasteiger partial charge in [0.05, 0.1) is 18.6 Å². The zero-order valence-electron chi connectivity index (χ0n) is 26.4. The maximum absolute atomic E-state index is 12.4. The van der Waals surface area contributed by atoms with Gasteiger partial charge in [-0.15, -0.1) is 10.2 Å². The molecule has 0 bridgehead atoms. The summed E-state index contributed by atoms with van der Waals surface area (Å²) in [4.78, 5) is 33.8. The third kappa shape index (κ3) is 10.3. The molecule has 2 atom stereocenters. The molecule has 10 heteroatoms. The van der Waals surface area contributed by atoms with Crippen LogP contribution in [-0.4, -0.2) is 46.3 Å². The molecule has 2 unspecified atom stereocenters. The summed E-state index contributed by atoms with van der Waals surface area (Å²) < 4.78 is 10.4. The quantitative estimate of drug-likeness (QED) is 0.135. The fraction of sp³-hybridized carbons (Fsp3) is 0.343. The average Bonchev–Trinajstić information content (AvgIpc) is 3.55. The minimum Gasteiger partial charge on any atom is -0.481 e. The van der Waals surface area contributed by atoms with Crippen molar-refractivity contribution in [1.82, 2.24) is 15.5 Å². The Kier molecular flexibility index (Phi) is 13.3. The topological polar surface area (TPSA) is 144 Å². The van der Waals surface area contributed by atoms with Gasteiger partial charge in [0, 0.05) is 35.3 Å². The number of rotatable bonds is 13. The normalized spacial score (nSPS) is 12.0. The van der Waals surface area contributed by atoms with Gasteiger partial charge >= 0.3 is 11.9 Å². The highest BCUT2D eigenvalue weighted by Crippen LogP contribution is 2.30. The second-order valence-electron chi connectivity index (χ2n) is 10.7. The number of ether oxygens (including phenoxy) is 1. The molecule has 0 saturated carbocycles. The van der Waals surface area contributed by atoms with Crippen molar-refractivity contribution in [3.63, 3.8) is 0 Å². The Bertz CT molecular complexity index is 1500. The maximum atomic E-state index is 12.4. The second-order valence-corrected chi connectivity index (χ2v) is 10.7. The van der Waals surface area contributed by atoms with E-state index in [-0.39, 0.29) is 24.5 Å². The summed E-state index contributed by atoms with van der Waals surface area (Å²) >= 11 is 0. The van der Waals surface area contributed by atoms with E-state index in [1.165, 1.54) is 0 Å². The summed E-state index contributed by atoms with van der Waals surface area (Å²) in [5, 5.41) is 23.8. The Morgan fingerprint density at radius 3 is 1.93 bits per heavy atom. The summed E-state index contributed by atoms with van der Waals surface area (Å²) in [5.41, 5.74) is 4.18. The summed E-state index contributed by atoms with van der Waals surface area (Å²) in [6, 6.07) is 24.9. The van der Waals surface area contributed by atoms with Gasteiger partial charge in [0.25, 0.3) is 5.91 Å². The molecule has 0 saturated heterocycles. The number of carboxylic acids is 1. The van der Waals surface area contributed by atoms with Crippen LogP contribution in [0.25, 0.3) is 22.9 Å². The molecule has 238 valence electrons. The van der Waals surface area contributed by atoms with E-state index >= 15 is 0 Å². The number of benzene rings is 3. The van der Waals surface area contributed by atoms with E-state index in [0.717, 1.165) is 22.4 Å². The highest BCUT2D eigenvalue weighted by atomic mass is 16.5.